The Bertz CT molecular complexity index is 637. The van der Waals surface area contributed by atoms with Gasteiger partial charge in [0.1, 0.15) is 0 Å². The minimum absolute atomic E-state index is 0.216. The van der Waals surface area contributed by atoms with Crippen LogP contribution in [-0.2, 0) is 9.53 Å². The Morgan fingerprint density at radius 1 is 1.20 bits per heavy atom. The van der Waals surface area contributed by atoms with Crippen LogP contribution >= 0.6 is 15.9 Å². The van der Waals surface area contributed by atoms with Crippen LogP contribution in [0.25, 0.3) is 10.8 Å². The lowest BCUT2D eigenvalue weighted by atomic mass is 9.93. The molecule has 0 aliphatic rings. The first kappa shape index (κ1) is 14.9. The number of fused-ring (bicyclic) bond motifs is 1. The smallest absolute Gasteiger partial charge is 0.313 e. The average molecular weight is 336 g/mol. The lowest BCUT2D eigenvalue weighted by Gasteiger charge is -2.23. The first-order valence-corrected chi connectivity index (χ1v) is 7.24. The van der Waals surface area contributed by atoms with Crippen molar-refractivity contribution in [3.8, 4) is 0 Å². The summed E-state index contributed by atoms with van der Waals surface area (Å²) in [6.45, 7) is 4.26. The zero-order chi connectivity index (χ0) is 14.8. The topological polar surface area (TPSA) is 38.3 Å². The molecule has 3 nitrogen and oxygen atoms in total. The standard InChI is InChI=1S/C16H18BrNO2/c1-16(2,15(19)20-3)10-18-14-9-8-13(17)11-6-4-5-7-12(11)14/h4-9,18H,10H2,1-3H3. The number of hydrogen-bond donors (Lipinski definition) is 1. The molecule has 0 saturated heterocycles. The van der Waals surface area contributed by atoms with Crippen LogP contribution in [0.2, 0.25) is 0 Å². The van der Waals surface area contributed by atoms with Crippen molar-refractivity contribution < 1.29 is 9.53 Å². The van der Waals surface area contributed by atoms with Gasteiger partial charge in [0.2, 0.25) is 0 Å². The van der Waals surface area contributed by atoms with Crippen LogP contribution < -0.4 is 5.32 Å². The van der Waals surface area contributed by atoms with Gasteiger partial charge in [-0.15, -0.1) is 0 Å². The Balaban J connectivity index is 2.27. The van der Waals surface area contributed by atoms with Gasteiger partial charge in [-0.3, -0.25) is 4.79 Å². The highest BCUT2D eigenvalue weighted by atomic mass is 79.9. The maximum Gasteiger partial charge on any atom is 0.313 e. The fraction of sp³-hybridized carbons (Fsp3) is 0.312. The molecule has 0 bridgehead atoms. The second-order valence-electron chi connectivity index (χ2n) is 5.37. The molecule has 1 N–H and O–H groups in total. The summed E-state index contributed by atoms with van der Waals surface area (Å²) in [5, 5.41) is 5.62. The molecule has 2 aromatic rings. The number of anilines is 1. The van der Waals surface area contributed by atoms with Crippen molar-refractivity contribution in [3.05, 3.63) is 40.9 Å². The summed E-state index contributed by atoms with van der Waals surface area (Å²) in [5.41, 5.74) is 0.448. The molecule has 0 atom stereocenters. The van der Waals surface area contributed by atoms with Gasteiger partial charge in [0.15, 0.2) is 0 Å². The second kappa shape index (κ2) is 5.83. The Kier molecular flexibility index (Phi) is 4.33. The number of halogens is 1. The van der Waals surface area contributed by atoms with Gasteiger partial charge in [0.25, 0.3) is 0 Å². The van der Waals surface area contributed by atoms with Crippen LogP contribution in [0.4, 0.5) is 5.69 Å². The summed E-state index contributed by atoms with van der Waals surface area (Å²) in [5.74, 6) is -0.216. The molecule has 0 saturated carbocycles. The van der Waals surface area contributed by atoms with Crippen molar-refractivity contribution in [2.45, 2.75) is 13.8 Å². The molecule has 0 aromatic heterocycles. The van der Waals surface area contributed by atoms with Crippen LogP contribution in [0.15, 0.2) is 40.9 Å². The monoisotopic (exact) mass is 335 g/mol. The maximum atomic E-state index is 11.7. The third-order valence-corrected chi connectivity index (χ3v) is 4.02. The number of nitrogens with one attached hydrogen (secondary N) is 1. The minimum atomic E-state index is -0.567. The molecule has 2 aromatic carbocycles. The van der Waals surface area contributed by atoms with Gasteiger partial charge >= 0.3 is 5.97 Å². The van der Waals surface area contributed by atoms with E-state index >= 15 is 0 Å². The molecule has 0 fully saturated rings. The van der Waals surface area contributed by atoms with Gasteiger partial charge < -0.3 is 10.1 Å². The maximum absolute atomic E-state index is 11.7. The molecular weight excluding hydrogens is 318 g/mol. The Labute approximate surface area is 127 Å². The minimum Gasteiger partial charge on any atom is -0.469 e. The van der Waals surface area contributed by atoms with Gasteiger partial charge in [-0.2, -0.15) is 0 Å². The third-order valence-electron chi connectivity index (χ3n) is 3.33. The number of carbonyl (C=O) groups excluding carboxylic acids is 1. The largest absolute Gasteiger partial charge is 0.469 e. The molecule has 2 rings (SSSR count). The summed E-state index contributed by atoms with van der Waals surface area (Å²) in [6, 6.07) is 12.2. The number of methoxy groups -OCH3 is 1. The number of benzene rings is 2. The van der Waals surface area contributed by atoms with Gasteiger partial charge in [-0.25, -0.2) is 0 Å². The fourth-order valence-corrected chi connectivity index (χ4v) is 2.56. The molecule has 4 heteroatoms. The first-order valence-electron chi connectivity index (χ1n) is 6.45. The predicted molar refractivity (Wildman–Crippen MR) is 85.9 cm³/mol. The molecule has 0 amide bonds. The Morgan fingerprint density at radius 3 is 2.50 bits per heavy atom. The normalized spacial score (nSPS) is 11.4. The van der Waals surface area contributed by atoms with Crippen molar-refractivity contribution in [3.63, 3.8) is 0 Å². The third kappa shape index (κ3) is 2.96. The molecule has 0 unspecified atom stereocenters. The Morgan fingerprint density at radius 2 is 1.85 bits per heavy atom. The predicted octanol–water partition coefficient (Wildman–Crippen LogP) is 4.21. The molecule has 0 aliphatic carbocycles. The van der Waals surface area contributed by atoms with Crippen LogP contribution in [0.5, 0.6) is 0 Å². The highest BCUT2D eigenvalue weighted by molar-refractivity contribution is 9.10. The van der Waals surface area contributed by atoms with E-state index in [1.807, 2.05) is 38.1 Å². The van der Waals surface area contributed by atoms with Gasteiger partial charge in [-0.05, 0) is 31.4 Å². The zero-order valence-corrected chi connectivity index (χ0v) is 13.5. The van der Waals surface area contributed by atoms with E-state index in [2.05, 4.69) is 33.4 Å². The molecular formula is C16H18BrNO2. The van der Waals surface area contributed by atoms with E-state index in [0.717, 1.165) is 20.9 Å². The fourth-order valence-electron chi connectivity index (χ4n) is 2.08. The van der Waals surface area contributed by atoms with Gasteiger partial charge in [0.05, 0.1) is 12.5 Å². The summed E-state index contributed by atoms with van der Waals surface area (Å²) in [4.78, 5) is 11.7. The van der Waals surface area contributed by atoms with E-state index in [-0.39, 0.29) is 5.97 Å². The molecule has 0 spiro atoms. The van der Waals surface area contributed by atoms with Crippen LogP contribution in [0.1, 0.15) is 13.8 Å². The van der Waals surface area contributed by atoms with Crippen molar-refractivity contribution in [2.24, 2.45) is 5.41 Å². The summed E-state index contributed by atoms with van der Waals surface area (Å²) < 4.78 is 5.88. The van der Waals surface area contributed by atoms with Crippen molar-refractivity contribution >= 4 is 38.4 Å². The van der Waals surface area contributed by atoms with Crippen molar-refractivity contribution in [2.75, 3.05) is 19.0 Å². The lowest BCUT2D eigenvalue weighted by molar-refractivity contribution is -0.149. The number of carbonyl (C=O) groups is 1. The number of esters is 1. The van der Waals surface area contributed by atoms with Crippen molar-refractivity contribution in [1.29, 1.82) is 0 Å². The summed E-state index contributed by atoms with van der Waals surface area (Å²) >= 11 is 3.55. The Hall–Kier alpha value is -1.55. The average Bonchev–Trinajstić information content (AvgIpc) is 2.46. The zero-order valence-electron chi connectivity index (χ0n) is 11.9. The highest BCUT2D eigenvalue weighted by Gasteiger charge is 2.28. The highest BCUT2D eigenvalue weighted by Crippen LogP contribution is 2.30. The van der Waals surface area contributed by atoms with Gasteiger partial charge in [0, 0.05) is 22.1 Å². The number of hydrogen-bond acceptors (Lipinski definition) is 3. The van der Waals surface area contributed by atoms with E-state index in [4.69, 9.17) is 4.74 Å². The van der Waals surface area contributed by atoms with E-state index in [9.17, 15) is 4.79 Å². The number of rotatable bonds is 4. The quantitative estimate of drug-likeness (QED) is 0.850. The van der Waals surface area contributed by atoms with Crippen LogP contribution in [0, 0.1) is 5.41 Å². The van der Waals surface area contributed by atoms with Crippen LogP contribution in [-0.4, -0.2) is 19.6 Å². The van der Waals surface area contributed by atoms with E-state index in [0.29, 0.717) is 6.54 Å². The molecule has 106 valence electrons. The molecule has 0 heterocycles. The first-order chi connectivity index (χ1) is 9.45. The second-order valence-corrected chi connectivity index (χ2v) is 6.22. The summed E-state index contributed by atoms with van der Waals surface area (Å²) in [6.07, 6.45) is 0. The summed E-state index contributed by atoms with van der Waals surface area (Å²) in [7, 11) is 1.42. The van der Waals surface area contributed by atoms with E-state index in [1.54, 1.807) is 0 Å². The lowest BCUT2D eigenvalue weighted by Crippen LogP contribution is -2.33. The molecule has 0 radical (unpaired) electrons. The van der Waals surface area contributed by atoms with E-state index < -0.39 is 5.41 Å². The molecule has 20 heavy (non-hydrogen) atoms. The van der Waals surface area contributed by atoms with Crippen LogP contribution in [0.3, 0.4) is 0 Å². The van der Waals surface area contributed by atoms with Crippen molar-refractivity contribution in [1.82, 2.24) is 0 Å². The van der Waals surface area contributed by atoms with Gasteiger partial charge in [-0.1, -0.05) is 40.2 Å². The van der Waals surface area contributed by atoms with E-state index in [1.165, 1.54) is 7.11 Å². The number of ether oxygens (including phenoxy) is 1. The molecule has 0 aliphatic heterocycles. The SMILES string of the molecule is COC(=O)C(C)(C)CNc1ccc(Br)c2ccccc12.